The smallest absolute Gasteiger partial charge is 0.339 e. The van der Waals surface area contributed by atoms with Gasteiger partial charge in [-0.25, -0.2) is 4.79 Å². The third kappa shape index (κ3) is 6.21. The molecule has 0 aliphatic heterocycles. The van der Waals surface area contributed by atoms with Crippen molar-refractivity contribution in [3.05, 3.63) is 52.8 Å². The predicted molar refractivity (Wildman–Crippen MR) is 114 cm³/mol. The van der Waals surface area contributed by atoms with Crippen LogP contribution in [0.15, 0.2) is 30.3 Å². The first-order valence-corrected chi connectivity index (χ1v) is 9.56. The number of hydrogen-bond donors (Lipinski definition) is 3. The molecule has 0 aliphatic carbocycles. The van der Waals surface area contributed by atoms with E-state index in [4.69, 9.17) is 21.7 Å². The lowest BCUT2D eigenvalue weighted by Crippen LogP contribution is -2.47. The Bertz CT molecular complexity index is 877. The summed E-state index contributed by atoms with van der Waals surface area (Å²) in [4.78, 5) is 24.2. The number of aryl methyl sites for hydroxylation is 1. The van der Waals surface area contributed by atoms with Crippen molar-refractivity contribution in [3.63, 3.8) is 0 Å². The van der Waals surface area contributed by atoms with Crippen LogP contribution < -0.4 is 20.9 Å². The zero-order chi connectivity index (χ0) is 21.4. The molecule has 0 radical (unpaired) electrons. The molecule has 2 aromatic rings. The summed E-state index contributed by atoms with van der Waals surface area (Å²) in [6.45, 7) is 6.21. The maximum Gasteiger partial charge on any atom is 0.339 e. The monoisotopic (exact) mass is 418 g/mol. The standard InChI is InChI=1S/C20H26N4O4S/c1-5-28-19(26)17-10-13(2)24(14(17)3)12-18(25)22-23-20(29)21-11-15-6-8-16(27-4)9-7-15/h6-10H,5,11-12H2,1-4H3,(H,22,25)(H2,21,23,29). The van der Waals surface area contributed by atoms with Crippen LogP contribution in [-0.2, 0) is 22.6 Å². The van der Waals surface area contributed by atoms with E-state index in [0.29, 0.717) is 29.5 Å². The first-order valence-electron chi connectivity index (χ1n) is 9.15. The lowest BCUT2D eigenvalue weighted by atomic mass is 10.2. The van der Waals surface area contributed by atoms with E-state index >= 15 is 0 Å². The van der Waals surface area contributed by atoms with Gasteiger partial charge in [-0.1, -0.05) is 12.1 Å². The Balaban J connectivity index is 1.83. The van der Waals surface area contributed by atoms with Crippen LogP contribution in [0.3, 0.4) is 0 Å². The first-order chi connectivity index (χ1) is 13.8. The lowest BCUT2D eigenvalue weighted by Gasteiger charge is -2.13. The molecule has 0 saturated carbocycles. The number of ether oxygens (including phenoxy) is 2. The highest BCUT2D eigenvalue weighted by Gasteiger charge is 2.18. The molecule has 3 N–H and O–H groups in total. The van der Waals surface area contributed by atoms with E-state index < -0.39 is 5.97 Å². The SMILES string of the molecule is CCOC(=O)c1cc(C)n(CC(=O)NNC(=S)NCc2ccc(OC)cc2)c1C. The van der Waals surface area contributed by atoms with Gasteiger partial charge < -0.3 is 19.4 Å². The van der Waals surface area contributed by atoms with E-state index in [1.165, 1.54) is 0 Å². The van der Waals surface area contributed by atoms with E-state index in [-0.39, 0.29) is 12.5 Å². The maximum atomic E-state index is 12.3. The van der Waals surface area contributed by atoms with E-state index in [1.54, 1.807) is 31.6 Å². The Morgan fingerprint density at radius 1 is 1.14 bits per heavy atom. The molecule has 0 saturated heterocycles. The zero-order valence-corrected chi connectivity index (χ0v) is 17.8. The summed E-state index contributed by atoms with van der Waals surface area (Å²) in [5.41, 5.74) is 8.18. The Labute approximate surface area is 175 Å². The highest BCUT2D eigenvalue weighted by molar-refractivity contribution is 7.80. The molecule has 0 unspecified atom stereocenters. The fourth-order valence-electron chi connectivity index (χ4n) is 2.74. The molecule has 29 heavy (non-hydrogen) atoms. The number of nitrogens with zero attached hydrogens (tertiary/aromatic N) is 1. The molecule has 0 bridgehead atoms. The topological polar surface area (TPSA) is 93.6 Å². The molecule has 2 rings (SSSR count). The molecule has 0 aliphatic rings. The number of hydrogen-bond acceptors (Lipinski definition) is 5. The van der Waals surface area contributed by atoms with Crippen LogP contribution >= 0.6 is 12.2 Å². The van der Waals surface area contributed by atoms with Gasteiger partial charge in [0.2, 0.25) is 0 Å². The summed E-state index contributed by atoms with van der Waals surface area (Å²) in [7, 11) is 1.61. The van der Waals surface area contributed by atoms with Gasteiger partial charge in [0, 0.05) is 17.9 Å². The minimum atomic E-state index is -0.394. The number of thiocarbonyl (C=S) groups is 1. The van der Waals surface area contributed by atoms with Crippen molar-refractivity contribution in [1.82, 2.24) is 20.7 Å². The number of rotatable bonds is 7. The molecule has 0 fully saturated rings. The number of carbonyl (C=O) groups excluding carboxylic acids is 2. The highest BCUT2D eigenvalue weighted by Crippen LogP contribution is 2.16. The van der Waals surface area contributed by atoms with Gasteiger partial charge in [-0.2, -0.15) is 0 Å². The van der Waals surface area contributed by atoms with Gasteiger partial charge in [-0.05, 0) is 56.8 Å². The van der Waals surface area contributed by atoms with Crippen molar-refractivity contribution in [2.24, 2.45) is 0 Å². The number of benzene rings is 1. The summed E-state index contributed by atoms with van der Waals surface area (Å²) in [5, 5.41) is 3.30. The molecular weight excluding hydrogens is 392 g/mol. The van der Waals surface area contributed by atoms with Crippen molar-refractivity contribution < 1.29 is 19.1 Å². The van der Waals surface area contributed by atoms with Crippen LogP contribution in [0.4, 0.5) is 0 Å². The highest BCUT2D eigenvalue weighted by atomic mass is 32.1. The van der Waals surface area contributed by atoms with Crippen molar-refractivity contribution in [1.29, 1.82) is 0 Å². The fourth-order valence-corrected chi connectivity index (χ4v) is 2.86. The largest absolute Gasteiger partial charge is 0.497 e. The number of hydrazine groups is 1. The molecule has 8 nitrogen and oxygen atoms in total. The van der Waals surface area contributed by atoms with Gasteiger partial charge in [0.25, 0.3) is 5.91 Å². The van der Waals surface area contributed by atoms with Crippen molar-refractivity contribution in [2.45, 2.75) is 33.9 Å². The molecule has 1 amide bonds. The number of amides is 1. The lowest BCUT2D eigenvalue weighted by molar-refractivity contribution is -0.122. The molecule has 1 aromatic carbocycles. The fraction of sp³-hybridized carbons (Fsp3) is 0.350. The quantitative estimate of drug-likeness (QED) is 0.360. The molecule has 0 atom stereocenters. The van der Waals surface area contributed by atoms with Gasteiger partial charge in [0.05, 0.1) is 19.3 Å². The number of esters is 1. The first kappa shape index (κ1) is 22.2. The number of aromatic nitrogens is 1. The molecular formula is C20H26N4O4S. The third-order valence-electron chi connectivity index (χ3n) is 4.30. The molecule has 1 heterocycles. The second kappa shape index (κ2) is 10.5. The number of nitrogens with one attached hydrogen (secondary N) is 3. The molecule has 156 valence electrons. The van der Waals surface area contributed by atoms with Crippen LogP contribution in [-0.4, -0.2) is 35.3 Å². The molecule has 1 aromatic heterocycles. The normalized spacial score (nSPS) is 10.2. The average molecular weight is 419 g/mol. The van der Waals surface area contributed by atoms with Crippen LogP contribution in [0, 0.1) is 13.8 Å². The Hall–Kier alpha value is -3.07. The Kier molecular flexibility index (Phi) is 8.02. The van der Waals surface area contributed by atoms with Crippen LogP contribution in [0.2, 0.25) is 0 Å². The number of methoxy groups -OCH3 is 1. The Morgan fingerprint density at radius 3 is 2.45 bits per heavy atom. The second-order valence-electron chi connectivity index (χ2n) is 6.30. The van der Waals surface area contributed by atoms with Crippen molar-refractivity contribution >= 4 is 29.2 Å². The predicted octanol–water partition coefficient (Wildman–Crippen LogP) is 1.99. The van der Waals surface area contributed by atoms with Gasteiger partial charge in [0.15, 0.2) is 5.11 Å². The summed E-state index contributed by atoms with van der Waals surface area (Å²) in [6.07, 6.45) is 0. The summed E-state index contributed by atoms with van der Waals surface area (Å²) in [5.74, 6) is 0.0912. The van der Waals surface area contributed by atoms with Crippen molar-refractivity contribution in [3.8, 4) is 5.75 Å². The molecule has 9 heteroatoms. The van der Waals surface area contributed by atoms with Crippen molar-refractivity contribution in [2.75, 3.05) is 13.7 Å². The van der Waals surface area contributed by atoms with Crippen LogP contribution in [0.25, 0.3) is 0 Å². The zero-order valence-electron chi connectivity index (χ0n) is 17.0. The molecule has 0 spiro atoms. The summed E-state index contributed by atoms with van der Waals surface area (Å²) in [6, 6.07) is 9.29. The third-order valence-corrected chi connectivity index (χ3v) is 4.54. The Morgan fingerprint density at radius 2 is 1.83 bits per heavy atom. The van der Waals surface area contributed by atoms with Crippen LogP contribution in [0.1, 0.15) is 34.2 Å². The van der Waals surface area contributed by atoms with E-state index in [2.05, 4.69) is 16.2 Å². The summed E-state index contributed by atoms with van der Waals surface area (Å²) >= 11 is 5.17. The van der Waals surface area contributed by atoms with Crippen LogP contribution in [0.5, 0.6) is 5.75 Å². The van der Waals surface area contributed by atoms with E-state index in [9.17, 15) is 9.59 Å². The van der Waals surface area contributed by atoms with Gasteiger partial charge in [-0.3, -0.25) is 15.6 Å². The van der Waals surface area contributed by atoms with Gasteiger partial charge in [0.1, 0.15) is 12.3 Å². The second-order valence-corrected chi connectivity index (χ2v) is 6.70. The van der Waals surface area contributed by atoms with Gasteiger partial charge in [-0.15, -0.1) is 0 Å². The number of carbonyl (C=O) groups is 2. The van der Waals surface area contributed by atoms with Gasteiger partial charge >= 0.3 is 5.97 Å². The van der Waals surface area contributed by atoms with E-state index in [1.807, 2.05) is 31.2 Å². The average Bonchev–Trinajstić information content (AvgIpc) is 2.99. The summed E-state index contributed by atoms with van der Waals surface area (Å²) < 4.78 is 11.9. The minimum Gasteiger partial charge on any atom is -0.497 e. The van der Waals surface area contributed by atoms with E-state index in [0.717, 1.165) is 17.0 Å². The maximum absolute atomic E-state index is 12.3. The minimum absolute atomic E-state index is 0.0468.